The molecule has 0 saturated heterocycles. The van der Waals surface area contributed by atoms with Crippen molar-refractivity contribution in [2.24, 2.45) is 22.5 Å². The number of rotatable bonds is 3. The van der Waals surface area contributed by atoms with Crippen molar-refractivity contribution < 1.29 is 0 Å². The van der Waals surface area contributed by atoms with Crippen molar-refractivity contribution in [2.75, 3.05) is 6.54 Å². The van der Waals surface area contributed by atoms with Crippen LogP contribution in [-0.4, -0.2) is 11.5 Å². The van der Waals surface area contributed by atoms with Gasteiger partial charge in [-0.15, -0.1) is 11.3 Å². The van der Waals surface area contributed by atoms with Gasteiger partial charge < -0.3 is 5.73 Å². The van der Waals surface area contributed by atoms with E-state index in [9.17, 15) is 0 Å². The second-order valence-electron chi connectivity index (χ2n) is 6.95. The molecule has 0 aliphatic heterocycles. The molecule has 0 unspecified atom stereocenters. The highest BCUT2D eigenvalue weighted by Gasteiger charge is 2.38. The van der Waals surface area contributed by atoms with Gasteiger partial charge in [0.1, 0.15) is 0 Å². The van der Waals surface area contributed by atoms with Crippen LogP contribution in [0.1, 0.15) is 51.5 Å². The molecule has 2 rings (SSSR count). The molecule has 1 heterocycles. The second-order valence-corrected chi connectivity index (χ2v) is 7.93. The Morgan fingerprint density at radius 1 is 1.39 bits per heavy atom. The second kappa shape index (κ2) is 5.30. The van der Waals surface area contributed by atoms with E-state index in [1.54, 1.807) is 11.3 Å². The number of aromatic nitrogens is 1. The fourth-order valence-corrected chi connectivity index (χ4v) is 4.00. The van der Waals surface area contributed by atoms with Crippen molar-refractivity contribution in [3.63, 3.8) is 0 Å². The zero-order valence-electron chi connectivity index (χ0n) is 11.9. The highest BCUT2D eigenvalue weighted by atomic mass is 32.1. The Labute approximate surface area is 115 Å². The van der Waals surface area contributed by atoms with Gasteiger partial charge in [-0.05, 0) is 49.0 Å². The van der Waals surface area contributed by atoms with E-state index in [4.69, 9.17) is 5.73 Å². The lowest BCUT2D eigenvalue weighted by Crippen LogP contribution is -2.39. The normalized spacial score (nSPS) is 29.4. The maximum Gasteiger partial charge on any atom is 0.0930 e. The highest BCUT2D eigenvalue weighted by molar-refractivity contribution is 7.09. The van der Waals surface area contributed by atoms with E-state index in [1.165, 1.54) is 30.7 Å². The van der Waals surface area contributed by atoms with Crippen LogP contribution in [0.15, 0.2) is 11.6 Å². The van der Waals surface area contributed by atoms with E-state index < -0.39 is 0 Å². The van der Waals surface area contributed by atoms with E-state index in [1.807, 2.05) is 6.20 Å². The van der Waals surface area contributed by atoms with Crippen molar-refractivity contribution in [1.82, 2.24) is 4.98 Å². The molecule has 18 heavy (non-hydrogen) atoms. The highest BCUT2D eigenvalue weighted by Crippen LogP contribution is 2.46. The maximum atomic E-state index is 6.09. The lowest BCUT2D eigenvalue weighted by atomic mass is 9.63. The summed E-state index contributed by atoms with van der Waals surface area (Å²) in [5.74, 6) is 0.855. The van der Waals surface area contributed by atoms with Crippen LogP contribution in [0.2, 0.25) is 0 Å². The number of nitrogens with zero attached hydrogens (tertiary/aromatic N) is 1. The lowest BCUT2D eigenvalue weighted by molar-refractivity contribution is 0.0926. The van der Waals surface area contributed by atoms with E-state index >= 15 is 0 Å². The Kier molecular flexibility index (Phi) is 4.12. The molecule has 1 aliphatic rings. The fraction of sp³-hybridized carbons (Fsp3) is 0.800. The number of thiazole rings is 1. The summed E-state index contributed by atoms with van der Waals surface area (Å²) in [6, 6.07) is 0. The van der Waals surface area contributed by atoms with Crippen LogP contribution >= 0.6 is 11.3 Å². The molecule has 2 nitrogen and oxygen atoms in total. The molecule has 0 atom stereocenters. The number of hydrogen-bond acceptors (Lipinski definition) is 3. The van der Waals surface area contributed by atoms with Gasteiger partial charge >= 0.3 is 0 Å². The van der Waals surface area contributed by atoms with Gasteiger partial charge in [-0.2, -0.15) is 0 Å². The summed E-state index contributed by atoms with van der Waals surface area (Å²) in [4.78, 5) is 4.43. The molecule has 0 spiro atoms. The third-order valence-electron chi connectivity index (χ3n) is 4.71. The quantitative estimate of drug-likeness (QED) is 0.902. The topological polar surface area (TPSA) is 38.9 Å². The average Bonchev–Trinajstić information content (AvgIpc) is 2.81. The largest absolute Gasteiger partial charge is 0.330 e. The Hall–Kier alpha value is -0.410. The van der Waals surface area contributed by atoms with Crippen LogP contribution in [-0.2, 0) is 6.42 Å². The predicted octanol–water partition coefficient (Wildman–Crippen LogP) is 3.87. The van der Waals surface area contributed by atoms with E-state index in [0.29, 0.717) is 10.8 Å². The minimum Gasteiger partial charge on any atom is -0.330 e. The third-order valence-corrected chi connectivity index (χ3v) is 5.49. The summed E-state index contributed by atoms with van der Waals surface area (Å²) < 4.78 is 0. The van der Waals surface area contributed by atoms with Crippen LogP contribution in [0, 0.1) is 16.7 Å². The monoisotopic (exact) mass is 266 g/mol. The molecular weight excluding hydrogens is 240 g/mol. The molecule has 0 bridgehead atoms. The Morgan fingerprint density at radius 3 is 2.50 bits per heavy atom. The minimum atomic E-state index is 0.319. The molecular formula is C15H26N2S. The van der Waals surface area contributed by atoms with Crippen LogP contribution in [0.4, 0.5) is 0 Å². The molecule has 1 fully saturated rings. The Morgan fingerprint density at radius 2 is 2.06 bits per heavy atom. The van der Waals surface area contributed by atoms with E-state index in [2.05, 4.69) is 31.1 Å². The predicted molar refractivity (Wildman–Crippen MR) is 78.7 cm³/mol. The van der Waals surface area contributed by atoms with Crippen molar-refractivity contribution in [2.45, 2.75) is 52.9 Å². The first kappa shape index (κ1) is 14.0. The van der Waals surface area contributed by atoms with Gasteiger partial charge in [0.2, 0.25) is 0 Å². The smallest absolute Gasteiger partial charge is 0.0930 e. The fourth-order valence-electron chi connectivity index (χ4n) is 3.21. The SMILES string of the molecule is CC(C)(C)C1CCC(CN)(Cc2nccs2)CC1. The number of nitrogens with two attached hydrogens (primary N) is 1. The summed E-state index contributed by atoms with van der Waals surface area (Å²) in [6.07, 6.45) is 8.18. The van der Waals surface area contributed by atoms with Gasteiger partial charge in [0, 0.05) is 18.0 Å². The molecule has 3 heteroatoms. The maximum absolute atomic E-state index is 6.09. The average molecular weight is 266 g/mol. The van der Waals surface area contributed by atoms with Crippen molar-refractivity contribution >= 4 is 11.3 Å². The molecule has 2 N–H and O–H groups in total. The number of hydrogen-bond donors (Lipinski definition) is 1. The molecule has 0 amide bonds. The van der Waals surface area contributed by atoms with Gasteiger partial charge in [-0.1, -0.05) is 20.8 Å². The Balaban J connectivity index is 2.00. The van der Waals surface area contributed by atoms with Crippen LogP contribution in [0.5, 0.6) is 0 Å². The van der Waals surface area contributed by atoms with Crippen molar-refractivity contribution in [1.29, 1.82) is 0 Å². The van der Waals surface area contributed by atoms with Crippen LogP contribution in [0.25, 0.3) is 0 Å². The summed E-state index contributed by atoms with van der Waals surface area (Å²) in [7, 11) is 0. The van der Waals surface area contributed by atoms with E-state index in [0.717, 1.165) is 18.9 Å². The summed E-state index contributed by atoms with van der Waals surface area (Å²) in [5.41, 5.74) is 6.85. The van der Waals surface area contributed by atoms with Gasteiger partial charge in [0.25, 0.3) is 0 Å². The first-order chi connectivity index (χ1) is 8.45. The standard InChI is InChI=1S/C15H26N2S/c1-14(2,3)12-4-6-15(11-16,7-5-12)10-13-17-8-9-18-13/h8-9,12H,4-7,10-11,16H2,1-3H3. The van der Waals surface area contributed by atoms with Crippen LogP contribution in [0.3, 0.4) is 0 Å². The summed E-state index contributed by atoms with van der Waals surface area (Å²) in [6.45, 7) is 7.92. The molecule has 1 aromatic rings. The third kappa shape index (κ3) is 3.12. The van der Waals surface area contributed by atoms with Gasteiger partial charge in [0.15, 0.2) is 0 Å². The lowest BCUT2D eigenvalue weighted by Gasteiger charge is -2.43. The van der Waals surface area contributed by atoms with E-state index in [-0.39, 0.29) is 0 Å². The van der Waals surface area contributed by atoms with Gasteiger partial charge in [0.05, 0.1) is 5.01 Å². The van der Waals surface area contributed by atoms with Gasteiger partial charge in [-0.3, -0.25) is 0 Å². The first-order valence-corrected chi connectivity index (χ1v) is 7.92. The molecule has 1 saturated carbocycles. The summed E-state index contributed by atoms with van der Waals surface area (Å²) >= 11 is 1.77. The van der Waals surface area contributed by atoms with Crippen molar-refractivity contribution in [3.8, 4) is 0 Å². The first-order valence-electron chi connectivity index (χ1n) is 7.04. The van der Waals surface area contributed by atoms with Crippen LogP contribution < -0.4 is 5.73 Å². The molecule has 102 valence electrons. The molecule has 0 radical (unpaired) electrons. The molecule has 1 aliphatic carbocycles. The Bertz CT molecular complexity index is 356. The minimum absolute atomic E-state index is 0.319. The van der Waals surface area contributed by atoms with Crippen molar-refractivity contribution in [3.05, 3.63) is 16.6 Å². The zero-order valence-corrected chi connectivity index (χ0v) is 12.7. The summed E-state index contributed by atoms with van der Waals surface area (Å²) in [5, 5.41) is 3.33. The van der Waals surface area contributed by atoms with Gasteiger partial charge in [-0.25, -0.2) is 4.98 Å². The molecule has 0 aromatic carbocycles. The zero-order chi connectivity index (χ0) is 13.2. The molecule has 1 aromatic heterocycles.